The molecule has 0 saturated heterocycles. The van der Waals surface area contributed by atoms with E-state index in [1.54, 1.807) is 18.2 Å². The van der Waals surface area contributed by atoms with Crippen LogP contribution in [0.2, 0.25) is 0 Å². The van der Waals surface area contributed by atoms with Crippen molar-refractivity contribution in [3.05, 3.63) is 60.6 Å². The topological polar surface area (TPSA) is 3.24 Å². The molecule has 0 aliphatic heterocycles. The lowest BCUT2D eigenvalue weighted by Crippen LogP contribution is -2.21. The minimum atomic E-state index is -0.229. The van der Waals surface area contributed by atoms with Crippen LogP contribution in [0.3, 0.4) is 0 Å². The highest BCUT2D eigenvalue weighted by atomic mass is 19.1. The second-order valence-electron chi connectivity index (χ2n) is 4.50. The summed E-state index contributed by atoms with van der Waals surface area (Å²) >= 11 is 0. The Labute approximate surface area is 115 Å². The molecule has 0 saturated carbocycles. The number of hydrogen-bond acceptors (Lipinski definition) is 1. The Morgan fingerprint density at radius 3 is 2.53 bits per heavy atom. The highest BCUT2D eigenvalue weighted by Crippen LogP contribution is 2.26. The number of hydrogen-bond donors (Lipinski definition) is 0. The number of allylic oxidation sites excluding steroid dienone is 4. The molecule has 0 radical (unpaired) electrons. The SMILES string of the molecule is C=C/C(=C\C)c1ccc(N(CCC)C(=C)C)cc1F. The number of nitrogens with zero attached hydrogens (tertiary/aromatic N) is 1. The molecule has 0 atom stereocenters. The van der Waals surface area contributed by atoms with E-state index < -0.39 is 0 Å². The summed E-state index contributed by atoms with van der Waals surface area (Å²) in [6.07, 6.45) is 4.51. The maximum Gasteiger partial charge on any atom is 0.133 e. The fourth-order valence-corrected chi connectivity index (χ4v) is 2.05. The van der Waals surface area contributed by atoms with Gasteiger partial charge >= 0.3 is 0 Å². The van der Waals surface area contributed by atoms with Gasteiger partial charge in [-0.25, -0.2) is 4.39 Å². The Balaban J connectivity index is 3.18. The first-order valence-electron chi connectivity index (χ1n) is 6.56. The predicted molar refractivity (Wildman–Crippen MR) is 82.7 cm³/mol. The first kappa shape index (κ1) is 15.2. The summed E-state index contributed by atoms with van der Waals surface area (Å²) < 4.78 is 14.2. The van der Waals surface area contributed by atoms with Gasteiger partial charge in [-0.2, -0.15) is 0 Å². The highest BCUT2D eigenvalue weighted by Gasteiger charge is 2.11. The smallest absolute Gasteiger partial charge is 0.133 e. The minimum Gasteiger partial charge on any atom is -0.346 e. The third kappa shape index (κ3) is 3.57. The van der Waals surface area contributed by atoms with Gasteiger partial charge in [-0.05, 0) is 44.0 Å². The molecule has 0 N–H and O–H groups in total. The zero-order valence-corrected chi connectivity index (χ0v) is 12.0. The van der Waals surface area contributed by atoms with E-state index in [1.165, 1.54) is 0 Å². The summed E-state index contributed by atoms with van der Waals surface area (Å²) in [5.41, 5.74) is 3.15. The van der Waals surface area contributed by atoms with E-state index in [-0.39, 0.29) is 5.82 Å². The summed E-state index contributed by atoms with van der Waals surface area (Å²) in [6.45, 7) is 14.4. The van der Waals surface area contributed by atoms with E-state index in [2.05, 4.69) is 20.1 Å². The van der Waals surface area contributed by atoms with Crippen LogP contribution in [0.1, 0.15) is 32.8 Å². The van der Waals surface area contributed by atoms with Crippen LogP contribution in [-0.2, 0) is 0 Å². The van der Waals surface area contributed by atoms with Crippen LogP contribution in [0.15, 0.2) is 49.2 Å². The second-order valence-corrected chi connectivity index (χ2v) is 4.50. The first-order chi connectivity index (χ1) is 9.04. The average molecular weight is 259 g/mol. The van der Waals surface area contributed by atoms with Gasteiger partial charge in [0.2, 0.25) is 0 Å². The lowest BCUT2D eigenvalue weighted by atomic mass is 10.0. The molecular weight excluding hydrogens is 237 g/mol. The molecule has 0 fully saturated rings. The Morgan fingerprint density at radius 2 is 2.11 bits per heavy atom. The zero-order chi connectivity index (χ0) is 14.4. The van der Waals surface area contributed by atoms with Crippen LogP contribution in [0, 0.1) is 5.82 Å². The van der Waals surface area contributed by atoms with Crippen LogP contribution >= 0.6 is 0 Å². The van der Waals surface area contributed by atoms with Gasteiger partial charge in [-0.1, -0.05) is 32.2 Å². The van der Waals surface area contributed by atoms with Gasteiger partial charge < -0.3 is 4.90 Å². The number of benzene rings is 1. The summed E-state index contributed by atoms with van der Waals surface area (Å²) in [4.78, 5) is 2.02. The molecule has 19 heavy (non-hydrogen) atoms. The van der Waals surface area contributed by atoms with Crippen LogP contribution in [0.4, 0.5) is 10.1 Å². The Hall–Kier alpha value is -1.83. The van der Waals surface area contributed by atoms with E-state index in [4.69, 9.17) is 0 Å². The monoisotopic (exact) mass is 259 g/mol. The van der Waals surface area contributed by atoms with Crippen molar-refractivity contribution in [1.82, 2.24) is 0 Å². The standard InChI is InChI=1S/C17H22FN/c1-6-11-19(13(4)5)15-9-10-16(17(18)12-15)14(7-2)8-3/h7-10,12H,2,4,6,11H2,1,3,5H3/b14-8+. The van der Waals surface area contributed by atoms with Crippen molar-refractivity contribution in [2.24, 2.45) is 0 Å². The Bertz CT molecular complexity index is 500. The maximum absolute atomic E-state index is 14.2. The van der Waals surface area contributed by atoms with Crippen molar-refractivity contribution < 1.29 is 4.39 Å². The van der Waals surface area contributed by atoms with Crippen LogP contribution in [0.5, 0.6) is 0 Å². The Kier molecular flexibility index (Phi) is 5.56. The lowest BCUT2D eigenvalue weighted by Gasteiger charge is -2.24. The van der Waals surface area contributed by atoms with E-state index in [9.17, 15) is 4.39 Å². The molecule has 0 unspecified atom stereocenters. The first-order valence-corrected chi connectivity index (χ1v) is 6.56. The second kappa shape index (κ2) is 6.93. The van der Waals surface area contributed by atoms with Crippen molar-refractivity contribution in [2.75, 3.05) is 11.4 Å². The molecule has 0 spiro atoms. The molecule has 1 rings (SSSR count). The number of anilines is 1. The molecule has 0 aliphatic carbocycles. The maximum atomic E-state index is 14.2. The van der Waals surface area contributed by atoms with E-state index in [0.717, 1.165) is 29.9 Å². The van der Waals surface area contributed by atoms with Crippen LogP contribution < -0.4 is 4.90 Å². The third-order valence-electron chi connectivity index (χ3n) is 3.01. The molecular formula is C17H22FN. The predicted octanol–water partition coefficient (Wildman–Crippen LogP) is 5.17. The molecule has 0 aromatic heterocycles. The zero-order valence-electron chi connectivity index (χ0n) is 12.0. The highest BCUT2D eigenvalue weighted by molar-refractivity contribution is 5.75. The van der Waals surface area contributed by atoms with Crippen LogP contribution in [-0.4, -0.2) is 6.54 Å². The van der Waals surface area contributed by atoms with Gasteiger partial charge in [0.15, 0.2) is 0 Å². The molecule has 0 heterocycles. The van der Waals surface area contributed by atoms with Gasteiger partial charge in [-0.3, -0.25) is 0 Å². The lowest BCUT2D eigenvalue weighted by molar-refractivity contribution is 0.623. The summed E-state index contributed by atoms with van der Waals surface area (Å²) in [5, 5.41) is 0. The molecule has 102 valence electrons. The molecule has 2 heteroatoms. The van der Waals surface area contributed by atoms with Crippen molar-refractivity contribution >= 4 is 11.3 Å². The summed E-state index contributed by atoms with van der Waals surface area (Å²) in [6, 6.07) is 5.29. The average Bonchev–Trinajstić information content (AvgIpc) is 2.38. The molecule has 1 aromatic rings. The summed E-state index contributed by atoms with van der Waals surface area (Å²) in [7, 11) is 0. The quantitative estimate of drug-likeness (QED) is 0.637. The number of rotatable bonds is 6. The van der Waals surface area contributed by atoms with Crippen molar-refractivity contribution in [3.63, 3.8) is 0 Å². The van der Waals surface area contributed by atoms with Gasteiger partial charge in [0, 0.05) is 23.5 Å². The van der Waals surface area contributed by atoms with Gasteiger partial charge in [-0.15, -0.1) is 0 Å². The fourth-order valence-electron chi connectivity index (χ4n) is 2.05. The number of halogens is 1. The molecule has 1 nitrogen and oxygen atoms in total. The molecule has 1 aromatic carbocycles. The molecule has 0 aliphatic rings. The normalized spacial score (nSPS) is 11.3. The van der Waals surface area contributed by atoms with Crippen LogP contribution in [0.25, 0.3) is 5.57 Å². The molecule has 0 amide bonds. The van der Waals surface area contributed by atoms with Crippen molar-refractivity contribution in [1.29, 1.82) is 0 Å². The summed E-state index contributed by atoms with van der Waals surface area (Å²) in [5.74, 6) is -0.229. The molecule has 0 bridgehead atoms. The largest absolute Gasteiger partial charge is 0.346 e. The minimum absolute atomic E-state index is 0.229. The van der Waals surface area contributed by atoms with Gasteiger partial charge in [0.25, 0.3) is 0 Å². The van der Waals surface area contributed by atoms with E-state index in [1.807, 2.05) is 30.9 Å². The van der Waals surface area contributed by atoms with Crippen molar-refractivity contribution in [2.45, 2.75) is 27.2 Å². The van der Waals surface area contributed by atoms with E-state index in [0.29, 0.717) is 5.56 Å². The Morgan fingerprint density at radius 1 is 1.42 bits per heavy atom. The van der Waals surface area contributed by atoms with Crippen molar-refractivity contribution in [3.8, 4) is 0 Å². The van der Waals surface area contributed by atoms with Gasteiger partial charge in [0.05, 0.1) is 0 Å². The van der Waals surface area contributed by atoms with E-state index >= 15 is 0 Å². The van der Waals surface area contributed by atoms with Gasteiger partial charge in [0.1, 0.15) is 5.82 Å². The third-order valence-corrected chi connectivity index (χ3v) is 3.01. The fraction of sp³-hybridized carbons (Fsp3) is 0.294.